The van der Waals surface area contributed by atoms with Crippen LogP contribution >= 0.6 is 11.3 Å². The average molecular weight is 307 g/mol. The van der Waals surface area contributed by atoms with Gasteiger partial charge in [0.15, 0.2) is 0 Å². The summed E-state index contributed by atoms with van der Waals surface area (Å²) in [6.07, 6.45) is 1.96. The van der Waals surface area contributed by atoms with Gasteiger partial charge >= 0.3 is 6.01 Å². The van der Waals surface area contributed by atoms with Crippen LogP contribution in [0.5, 0.6) is 6.01 Å². The van der Waals surface area contributed by atoms with Gasteiger partial charge in [0, 0.05) is 18.0 Å². The van der Waals surface area contributed by atoms with Crippen molar-refractivity contribution in [2.24, 2.45) is 0 Å². The minimum atomic E-state index is 0.352. The van der Waals surface area contributed by atoms with E-state index < -0.39 is 0 Å². The van der Waals surface area contributed by atoms with Gasteiger partial charge in [0.2, 0.25) is 11.9 Å². The molecule has 114 valence electrons. The molecule has 0 saturated heterocycles. The molecule has 0 radical (unpaired) electrons. The van der Waals surface area contributed by atoms with Crippen molar-refractivity contribution in [2.45, 2.75) is 26.7 Å². The van der Waals surface area contributed by atoms with E-state index in [-0.39, 0.29) is 0 Å². The molecule has 0 unspecified atom stereocenters. The molecule has 0 atom stereocenters. The van der Waals surface area contributed by atoms with Crippen LogP contribution in [-0.2, 0) is 6.42 Å². The molecule has 0 aromatic carbocycles. The first-order valence-corrected chi connectivity index (χ1v) is 8.08. The van der Waals surface area contributed by atoms with Crippen LogP contribution in [0.4, 0.5) is 11.9 Å². The molecule has 2 aromatic rings. The van der Waals surface area contributed by atoms with E-state index in [0.29, 0.717) is 24.5 Å². The van der Waals surface area contributed by atoms with Crippen molar-refractivity contribution in [3.05, 3.63) is 22.4 Å². The monoisotopic (exact) mass is 307 g/mol. The maximum atomic E-state index is 5.38. The molecule has 0 fully saturated rings. The zero-order valence-corrected chi connectivity index (χ0v) is 13.2. The van der Waals surface area contributed by atoms with Gasteiger partial charge in [-0.15, -0.1) is 11.3 Å². The summed E-state index contributed by atoms with van der Waals surface area (Å²) in [7, 11) is 0. The molecule has 0 aliphatic carbocycles. The van der Waals surface area contributed by atoms with Crippen LogP contribution in [-0.4, -0.2) is 34.6 Å². The summed E-state index contributed by atoms with van der Waals surface area (Å²) in [5, 5.41) is 8.46. The van der Waals surface area contributed by atoms with Crippen LogP contribution in [0.15, 0.2) is 17.5 Å². The lowest BCUT2D eigenvalue weighted by Crippen LogP contribution is -2.12. The van der Waals surface area contributed by atoms with Gasteiger partial charge in [0.05, 0.1) is 6.61 Å². The molecule has 6 nitrogen and oxygen atoms in total. The highest BCUT2D eigenvalue weighted by atomic mass is 32.1. The topological polar surface area (TPSA) is 72.0 Å². The maximum Gasteiger partial charge on any atom is 0.323 e. The first-order valence-electron chi connectivity index (χ1n) is 7.20. The third-order valence-corrected chi connectivity index (χ3v) is 3.59. The second kappa shape index (κ2) is 8.41. The van der Waals surface area contributed by atoms with Crippen molar-refractivity contribution >= 4 is 23.2 Å². The Kier molecular flexibility index (Phi) is 6.21. The number of thiophene rings is 1. The fourth-order valence-electron chi connectivity index (χ4n) is 1.70. The van der Waals surface area contributed by atoms with E-state index in [0.717, 1.165) is 25.9 Å². The summed E-state index contributed by atoms with van der Waals surface area (Å²) in [5.41, 5.74) is 0. The van der Waals surface area contributed by atoms with E-state index >= 15 is 0 Å². The smallest absolute Gasteiger partial charge is 0.323 e. The highest BCUT2D eigenvalue weighted by Gasteiger charge is 2.06. The van der Waals surface area contributed by atoms with Gasteiger partial charge < -0.3 is 15.4 Å². The number of aromatic nitrogens is 3. The van der Waals surface area contributed by atoms with E-state index in [1.54, 1.807) is 11.3 Å². The molecule has 2 aromatic heterocycles. The predicted molar refractivity (Wildman–Crippen MR) is 86.3 cm³/mol. The quantitative estimate of drug-likeness (QED) is 0.742. The predicted octanol–water partition coefficient (Wildman–Crippen LogP) is 2.81. The standard InChI is InChI=1S/C14H21N5OS/c1-3-8-15-12-17-13(19-14(18-12)20-4-2)16-9-7-11-6-5-10-21-11/h5-6,10H,3-4,7-9H2,1-2H3,(H2,15,16,17,18,19). The molecule has 0 bridgehead atoms. The molecule has 7 heteroatoms. The van der Waals surface area contributed by atoms with Crippen LogP contribution in [0.1, 0.15) is 25.1 Å². The van der Waals surface area contributed by atoms with Crippen molar-refractivity contribution < 1.29 is 4.74 Å². The second-order valence-corrected chi connectivity index (χ2v) is 5.41. The molecular formula is C14H21N5OS. The van der Waals surface area contributed by atoms with Crippen LogP contribution in [0.25, 0.3) is 0 Å². The van der Waals surface area contributed by atoms with Crippen molar-refractivity contribution in [2.75, 3.05) is 30.3 Å². The van der Waals surface area contributed by atoms with Gasteiger partial charge in [0.1, 0.15) is 0 Å². The van der Waals surface area contributed by atoms with Gasteiger partial charge in [-0.05, 0) is 31.2 Å². The summed E-state index contributed by atoms with van der Waals surface area (Å²) in [5.74, 6) is 1.09. The number of hydrogen-bond donors (Lipinski definition) is 2. The Morgan fingerprint density at radius 1 is 1.10 bits per heavy atom. The summed E-state index contributed by atoms with van der Waals surface area (Å²) >= 11 is 1.75. The molecule has 2 heterocycles. The molecule has 0 spiro atoms. The van der Waals surface area contributed by atoms with Crippen molar-refractivity contribution in [3.8, 4) is 6.01 Å². The SMILES string of the molecule is CCCNc1nc(NCCc2cccs2)nc(OCC)n1. The lowest BCUT2D eigenvalue weighted by molar-refractivity contribution is 0.312. The number of nitrogens with one attached hydrogen (secondary N) is 2. The van der Waals surface area contributed by atoms with Gasteiger partial charge in [-0.3, -0.25) is 0 Å². The largest absolute Gasteiger partial charge is 0.464 e. The normalized spacial score (nSPS) is 10.4. The molecular weight excluding hydrogens is 286 g/mol. The van der Waals surface area contributed by atoms with E-state index in [1.165, 1.54) is 4.88 Å². The van der Waals surface area contributed by atoms with Gasteiger partial charge in [-0.1, -0.05) is 13.0 Å². The van der Waals surface area contributed by atoms with Crippen LogP contribution in [0.2, 0.25) is 0 Å². The molecule has 2 rings (SSSR count). The van der Waals surface area contributed by atoms with E-state index in [4.69, 9.17) is 4.74 Å². The third-order valence-electron chi connectivity index (χ3n) is 2.66. The second-order valence-electron chi connectivity index (χ2n) is 4.38. The van der Waals surface area contributed by atoms with Crippen LogP contribution < -0.4 is 15.4 Å². The average Bonchev–Trinajstić information content (AvgIpc) is 2.99. The lowest BCUT2D eigenvalue weighted by Gasteiger charge is -2.09. The molecule has 21 heavy (non-hydrogen) atoms. The maximum absolute atomic E-state index is 5.38. The van der Waals surface area contributed by atoms with Crippen molar-refractivity contribution in [3.63, 3.8) is 0 Å². The minimum Gasteiger partial charge on any atom is -0.464 e. The Balaban J connectivity index is 1.97. The number of anilines is 2. The van der Waals surface area contributed by atoms with E-state index in [9.17, 15) is 0 Å². The Morgan fingerprint density at radius 3 is 2.48 bits per heavy atom. The third kappa shape index (κ3) is 5.18. The Bertz CT molecular complexity index is 532. The zero-order chi connectivity index (χ0) is 14.9. The fourth-order valence-corrected chi connectivity index (χ4v) is 2.41. The Labute approximate surface area is 129 Å². The van der Waals surface area contributed by atoms with E-state index in [2.05, 4.69) is 50.0 Å². The minimum absolute atomic E-state index is 0.352. The highest BCUT2D eigenvalue weighted by molar-refractivity contribution is 7.09. The summed E-state index contributed by atoms with van der Waals surface area (Å²) < 4.78 is 5.38. The first-order chi connectivity index (χ1) is 10.3. The van der Waals surface area contributed by atoms with Crippen molar-refractivity contribution in [1.82, 2.24) is 15.0 Å². The van der Waals surface area contributed by atoms with Gasteiger partial charge in [-0.2, -0.15) is 15.0 Å². The number of rotatable bonds is 9. The van der Waals surface area contributed by atoms with Crippen LogP contribution in [0.3, 0.4) is 0 Å². The molecule has 2 N–H and O–H groups in total. The summed E-state index contributed by atoms with van der Waals surface area (Å²) in [6.45, 7) is 6.14. The number of ether oxygens (including phenoxy) is 1. The van der Waals surface area contributed by atoms with Gasteiger partial charge in [-0.25, -0.2) is 0 Å². The highest BCUT2D eigenvalue weighted by Crippen LogP contribution is 2.13. The fraction of sp³-hybridized carbons (Fsp3) is 0.500. The van der Waals surface area contributed by atoms with E-state index in [1.807, 2.05) is 6.92 Å². The summed E-state index contributed by atoms with van der Waals surface area (Å²) in [4.78, 5) is 14.2. The van der Waals surface area contributed by atoms with Crippen LogP contribution in [0, 0.1) is 0 Å². The summed E-state index contributed by atoms with van der Waals surface area (Å²) in [6, 6.07) is 4.53. The Hall–Kier alpha value is -1.89. The molecule has 0 amide bonds. The number of nitrogens with zero attached hydrogens (tertiary/aromatic N) is 3. The van der Waals surface area contributed by atoms with Crippen molar-refractivity contribution in [1.29, 1.82) is 0 Å². The molecule has 0 saturated carbocycles. The Morgan fingerprint density at radius 2 is 1.86 bits per heavy atom. The number of hydrogen-bond acceptors (Lipinski definition) is 7. The lowest BCUT2D eigenvalue weighted by atomic mass is 10.3. The first kappa shape index (κ1) is 15.5. The molecule has 0 aliphatic rings. The zero-order valence-electron chi connectivity index (χ0n) is 12.4. The van der Waals surface area contributed by atoms with Gasteiger partial charge in [0.25, 0.3) is 0 Å². The molecule has 0 aliphatic heterocycles.